The monoisotopic (exact) mass is 373 g/mol. The number of carbonyl (C=O) groups excluding carboxylic acids is 1. The maximum atomic E-state index is 12.2. The number of nitrogens with zero attached hydrogens (tertiary/aromatic N) is 1. The molecule has 0 saturated carbocycles. The molecule has 2 rings (SSSR count). The normalized spacial score (nSPS) is 18.0. The van der Waals surface area contributed by atoms with Crippen molar-refractivity contribution in [3.05, 3.63) is 48.6 Å². The van der Waals surface area contributed by atoms with E-state index in [0.717, 1.165) is 45.2 Å². The van der Waals surface area contributed by atoms with E-state index in [9.17, 15) is 9.90 Å². The smallest absolute Gasteiger partial charge is 0.410 e. The van der Waals surface area contributed by atoms with Crippen molar-refractivity contribution in [3.8, 4) is 0 Å². The van der Waals surface area contributed by atoms with Crippen LogP contribution in [0.5, 0.6) is 0 Å². The molecule has 1 aromatic rings. The molecule has 0 aromatic heterocycles. The third kappa shape index (κ3) is 7.37. The van der Waals surface area contributed by atoms with Gasteiger partial charge in [-0.2, -0.15) is 0 Å². The zero-order valence-electron chi connectivity index (χ0n) is 17.1. The summed E-state index contributed by atoms with van der Waals surface area (Å²) in [5.41, 5.74) is 0.801. The Labute approximate surface area is 164 Å². The molecule has 4 heteroatoms. The number of hydrogen-bond donors (Lipinski definition) is 1. The van der Waals surface area contributed by atoms with Crippen LogP contribution in [0, 0.1) is 11.8 Å². The Morgan fingerprint density at radius 2 is 1.93 bits per heavy atom. The minimum atomic E-state index is -0.454. The summed E-state index contributed by atoms with van der Waals surface area (Å²) >= 11 is 0. The van der Waals surface area contributed by atoms with Gasteiger partial charge in [0.25, 0.3) is 0 Å². The average Bonchev–Trinajstić information content (AvgIpc) is 2.64. The molecule has 1 fully saturated rings. The summed E-state index contributed by atoms with van der Waals surface area (Å²) in [4.78, 5) is 14.0. The molecule has 0 unspecified atom stereocenters. The van der Waals surface area contributed by atoms with E-state index in [1.807, 2.05) is 45.0 Å². The Morgan fingerprint density at radius 3 is 2.48 bits per heavy atom. The predicted molar refractivity (Wildman–Crippen MR) is 110 cm³/mol. The van der Waals surface area contributed by atoms with Gasteiger partial charge in [-0.3, -0.25) is 0 Å². The first kappa shape index (κ1) is 21.5. The number of amides is 1. The molecule has 4 nitrogen and oxygen atoms in total. The molecule has 1 amide bonds. The largest absolute Gasteiger partial charge is 0.444 e. The van der Waals surface area contributed by atoms with Crippen molar-refractivity contribution in [2.24, 2.45) is 11.8 Å². The molecule has 150 valence electrons. The minimum Gasteiger partial charge on any atom is -0.444 e. The number of aliphatic hydroxyl groups excluding tert-OH is 1. The van der Waals surface area contributed by atoms with Gasteiger partial charge in [0.05, 0.1) is 6.10 Å². The summed E-state index contributed by atoms with van der Waals surface area (Å²) < 4.78 is 5.46. The topological polar surface area (TPSA) is 49.8 Å². The first-order chi connectivity index (χ1) is 12.8. The molecule has 1 aliphatic heterocycles. The van der Waals surface area contributed by atoms with Gasteiger partial charge in [0.1, 0.15) is 5.60 Å². The van der Waals surface area contributed by atoms with Crippen LogP contribution in [-0.4, -0.2) is 40.9 Å². The van der Waals surface area contributed by atoms with E-state index in [2.05, 4.69) is 18.7 Å². The van der Waals surface area contributed by atoms with Crippen LogP contribution in [0.2, 0.25) is 0 Å². The lowest BCUT2D eigenvalue weighted by atomic mass is 9.83. The quantitative estimate of drug-likeness (QED) is 0.697. The van der Waals surface area contributed by atoms with E-state index in [-0.39, 0.29) is 18.1 Å². The number of aliphatic hydroxyl groups is 1. The predicted octanol–water partition coefficient (Wildman–Crippen LogP) is 4.82. The molecule has 1 aliphatic rings. The number of likely N-dealkylation sites (tertiary alicyclic amines) is 1. The molecule has 0 bridgehead atoms. The third-order valence-electron chi connectivity index (χ3n) is 5.24. The van der Waals surface area contributed by atoms with Gasteiger partial charge >= 0.3 is 6.09 Å². The highest BCUT2D eigenvalue weighted by molar-refractivity contribution is 5.68. The van der Waals surface area contributed by atoms with Gasteiger partial charge in [-0.1, -0.05) is 36.4 Å². The van der Waals surface area contributed by atoms with Crippen molar-refractivity contribution in [3.63, 3.8) is 0 Å². The first-order valence-corrected chi connectivity index (χ1v) is 10.1. The Balaban J connectivity index is 1.76. The summed E-state index contributed by atoms with van der Waals surface area (Å²) in [6, 6.07) is 10.3. The van der Waals surface area contributed by atoms with Crippen LogP contribution in [-0.2, 0) is 11.2 Å². The van der Waals surface area contributed by atoms with E-state index in [1.165, 1.54) is 5.56 Å². The standard InChI is InChI=1S/C23H35NO3/c1-5-20(21(25)12-11-18-9-7-6-8-10-18)17-19-13-15-24(16-14-19)22(26)27-23(2,3)4/h5-10,19-21,25H,1,11-17H2,2-4H3/t20-,21-/m1/s1. The highest BCUT2D eigenvalue weighted by atomic mass is 16.6. The fourth-order valence-electron chi connectivity index (χ4n) is 3.65. The molecular weight excluding hydrogens is 338 g/mol. The van der Waals surface area contributed by atoms with Crippen molar-refractivity contribution >= 4 is 6.09 Å². The molecular formula is C23H35NO3. The van der Waals surface area contributed by atoms with E-state index >= 15 is 0 Å². The van der Waals surface area contributed by atoms with Gasteiger partial charge < -0.3 is 14.7 Å². The molecule has 0 aliphatic carbocycles. The van der Waals surface area contributed by atoms with Gasteiger partial charge in [0.2, 0.25) is 0 Å². The second-order valence-corrected chi connectivity index (χ2v) is 8.64. The third-order valence-corrected chi connectivity index (χ3v) is 5.24. The van der Waals surface area contributed by atoms with Gasteiger partial charge in [-0.15, -0.1) is 6.58 Å². The van der Waals surface area contributed by atoms with Gasteiger partial charge in [0, 0.05) is 19.0 Å². The van der Waals surface area contributed by atoms with Crippen molar-refractivity contribution in [1.82, 2.24) is 4.90 Å². The zero-order valence-corrected chi connectivity index (χ0v) is 17.1. The number of carbonyl (C=O) groups is 1. The molecule has 0 radical (unpaired) electrons. The summed E-state index contributed by atoms with van der Waals surface area (Å²) in [5.74, 6) is 0.616. The second-order valence-electron chi connectivity index (χ2n) is 8.64. The van der Waals surface area contributed by atoms with Crippen LogP contribution in [0.4, 0.5) is 4.79 Å². The molecule has 2 atom stereocenters. The lowest BCUT2D eigenvalue weighted by Crippen LogP contribution is -2.42. The van der Waals surface area contributed by atoms with Crippen LogP contribution >= 0.6 is 0 Å². The SMILES string of the molecule is C=C[C@H](CC1CCN(C(=O)OC(C)(C)C)CC1)[C@H](O)CCc1ccccc1. The maximum absolute atomic E-state index is 12.2. The Bertz CT molecular complexity index is 585. The van der Waals surface area contributed by atoms with Crippen LogP contribution in [0.1, 0.15) is 52.0 Å². The van der Waals surface area contributed by atoms with Gasteiger partial charge in [0.15, 0.2) is 0 Å². The molecule has 27 heavy (non-hydrogen) atoms. The molecule has 0 spiro atoms. The summed E-state index contributed by atoms with van der Waals surface area (Å²) in [7, 11) is 0. The Morgan fingerprint density at radius 1 is 1.30 bits per heavy atom. The Hall–Kier alpha value is -1.81. The van der Waals surface area contributed by atoms with E-state index < -0.39 is 5.60 Å². The van der Waals surface area contributed by atoms with Crippen molar-refractivity contribution in [2.75, 3.05) is 13.1 Å². The molecule has 1 N–H and O–H groups in total. The van der Waals surface area contributed by atoms with Crippen LogP contribution < -0.4 is 0 Å². The maximum Gasteiger partial charge on any atom is 0.410 e. The summed E-state index contributed by atoms with van der Waals surface area (Å²) in [6.45, 7) is 11.1. The summed E-state index contributed by atoms with van der Waals surface area (Å²) in [5, 5.41) is 10.6. The van der Waals surface area contributed by atoms with Crippen molar-refractivity contribution in [1.29, 1.82) is 0 Å². The number of rotatable bonds is 7. The van der Waals surface area contributed by atoms with Crippen LogP contribution in [0.15, 0.2) is 43.0 Å². The number of benzene rings is 1. The first-order valence-electron chi connectivity index (χ1n) is 10.1. The fourth-order valence-corrected chi connectivity index (χ4v) is 3.65. The van der Waals surface area contributed by atoms with Crippen LogP contribution in [0.3, 0.4) is 0 Å². The van der Waals surface area contributed by atoms with Gasteiger partial charge in [-0.25, -0.2) is 4.79 Å². The second kappa shape index (κ2) is 9.93. The molecule has 1 saturated heterocycles. The van der Waals surface area contributed by atoms with E-state index in [4.69, 9.17) is 4.74 Å². The van der Waals surface area contributed by atoms with Gasteiger partial charge in [-0.05, 0) is 64.4 Å². The van der Waals surface area contributed by atoms with E-state index in [1.54, 1.807) is 4.90 Å². The zero-order chi connectivity index (χ0) is 19.9. The fraction of sp³-hybridized carbons (Fsp3) is 0.609. The highest BCUT2D eigenvalue weighted by Gasteiger charge is 2.29. The average molecular weight is 374 g/mol. The summed E-state index contributed by atoms with van der Waals surface area (Å²) in [6.07, 6.45) is 5.78. The van der Waals surface area contributed by atoms with Crippen molar-refractivity contribution < 1.29 is 14.6 Å². The number of piperidine rings is 1. The highest BCUT2D eigenvalue weighted by Crippen LogP contribution is 2.28. The van der Waals surface area contributed by atoms with Crippen LogP contribution in [0.25, 0.3) is 0 Å². The minimum absolute atomic E-state index is 0.104. The van der Waals surface area contributed by atoms with E-state index in [0.29, 0.717) is 5.92 Å². The molecule has 1 heterocycles. The Kier molecular flexibility index (Phi) is 7.91. The lowest BCUT2D eigenvalue weighted by Gasteiger charge is -2.35. The van der Waals surface area contributed by atoms with Crippen molar-refractivity contribution in [2.45, 2.75) is 64.6 Å². The molecule has 1 aromatic carbocycles. The lowest BCUT2D eigenvalue weighted by molar-refractivity contribution is 0.0164. The number of ether oxygens (including phenoxy) is 1. The number of hydrogen-bond acceptors (Lipinski definition) is 3. The number of aryl methyl sites for hydroxylation is 1.